The van der Waals surface area contributed by atoms with Gasteiger partial charge in [-0.1, -0.05) is 18.2 Å². The zero-order valence-electron chi connectivity index (χ0n) is 17.0. The standard InChI is InChI=1S/C21H33N3O3/c1-5-23(17-11-7-6-8-12-17)15-10-14-22-19(25)18-13-9-16-24(18)20(26)27-21(2,3)4/h6-8,11-12,18H,5,9-10,13-16H2,1-4H3,(H,22,25)/t18-/m0/s1. The molecule has 1 N–H and O–H groups in total. The number of nitrogens with zero attached hydrogens (tertiary/aromatic N) is 2. The van der Waals surface area contributed by atoms with Gasteiger partial charge in [0.05, 0.1) is 0 Å². The van der Waals surface area contributed by atoms with Crippen molar-refractivity contribution < 1.29 is 14.3 Å². The van der Waals surface area contributed by atoms with Crippen molar-refractivity contribution in [3.05, 3.63) is 30.3 Å². The van der Waals surface area contributed by atoms with E-state index in [0.29, 0.717) is 19.5 Å². The fraction of sp³-hybridized carbons (Fsp3) is 0.619. The monoisotopic (exact) mass is 375 g/mol. The van der Waals surface area contributed by atoms with E-state index in [9.17, 15) is 9.59 Å². The minimum Gasteiger partial charge on any atom is -0.444 e. The van der Waals surface area contributed by atoms with Gasteiger partial charge in [0, 0.05) is 31.9 Å². The largest absolute Gasteiger partial charge is 0.444 e. The smallest absolute Gasteiger partial charge is 0.410 e. The van der Waals surface area contributed by atoms with E-state index < -0.39 is 17.7 Å². The average molecular weight is 376 g/mol. The van der Waals surface area contributed by atoms with Gasteiger partial charge in [-0.15, -0.1) is 0 Å². The summed E-state index contributed by atoms with van der Waals surface area (Å²) in [4.78, 5) is 28.7. The number of nitrogens with one attached hydrogen (secondary N) is 1. The van der Waals surface area contributed by atoms with Gasteiger partial charge in [0.2, 0.25) is 5.91 Å². The molecule has 2 rings (SSSR count). The van der Waals surface area contributed by atoms with Crippen LogP contribution in [0.15, 0.2) is 30.3 Å². The minimum absolute atomic E-state index is 0.0823. The van der Waals surface area contributed by atoms with Gasteiger partial charge in [0.1, 0.15) is 11.6 Å². The van der Waals surface area contributed by atoms with E-state index in [-0.39, 0.29) is 5.91 Å². The number of hydrogen-bond acceptors (Lipinski definition) is 4. The molecule has 1 aromatic rings. The summed E-state index contributed by atoms with van der Waals surface area (Å²) in [6, 6.07) is 9.85. The summed E-state index contributed by atoms with van der Waals surface area (Å²) in [5.41, 5.74) is 0.639. The molecule has 150 valence electrons. The molecule has 0 aromatic heterocycles. The number of likely N-dealkylation sites (tertiary alicyclic amines) is 1. The second-order valence-electron chi connectivity index (χ2n) is 7.89. The molecule has 0 spiro atoms. The Morgan fingerprint density at radius 1 is 1.26 bits per heavy atom. The third kappa shape index (κ3) is 6.45. The van der Waals surface area contributed by atoms with Crippen LogP contribution in [0, 0.1) is 0 Å². The highest BCUT2D eigenvalue weighted by Crippen LogP contribution is 2.21. The Labute approximate surface area is 162 Å². The first kappa shape index (κ1) is 21.1. The van der Waals surface area contributed by atoms with Gasteiger partial charge in [-0.25, -0.2) is 4.79 Å². The van der Waals surface area contributed by atoms with Gasteiger partial charge in [0.25, 0.3) is 0 Å². The van der Waals surface area contributed by atoms with E-state index in [2.05, 4.69) is 29.3 Å². The zero-order chi connectivity index (χ0) is 19.9. The van der Waals surface area contributed by atoms with Crippen molar-refractivity contribution in [3.63, 3.8) is 0 Å². The number of amides is 2. The lowest BCUT2D eigenvalue weighted by Gasteiger charge is -2.28. The molecule has 1 aromatic carbocycles. The lowest BCUT2D eigenvalue weighted by atomic mass is 10.2. The Kier molecular flexibility index (Phi) is 7.51. The first-order valence-corrected chi connectivity index (χ1v) is 9.89. The Morgan fingerprint density at radius 3 is 2.59 bits per heavy atom. The van der Waals surface area contributed by atoms with Crippen LogP contribution in [-0.2, 0) is 9.53 Å². The third-order valence-corrected chi connectivity index (χ3v) is 4.59. The van der Waals surface area contributed by atoms with Gasteiger partial charge in [-0.05, 0) is 59.1 Å². The maximum absolute atomic E-state index is 12.5. The van der Waals surface area contributed by atoms with E-state index in [0.717, 1.165) is 25.9 Å². The highest BCUT2D eigenvalue weighted by atomic mass is 16.6. The van der Waals surface area contributed by atoms with Crippen molar-refractivity contribution in [2.75, 3.05) is 31.1 Å². The fourth-order valence-electron chi connectivity index (χ4n) is 3.29. The Hall–Kier alpha value is -2.24. The second-order valence-corrected chi connectivity index (χ2v) is 7.89. The lowest BCUT2D eigenvalue weighted by Crippen LogP contribution is -2.47. The van der Waals surface area contributed by atoms with E-state index in [1.807, 2.05) is 39.0 Å². The fourth-order valence-corrected chi connectivity index (χ4v) is 3.29. The van der Waals surface area contributed by atoms with Crippen molar-refractivity contribution in [2.24, 2.45) is 0 Å². The Morgan fingerprint density at radius 2 is 1.96 bits per heavy atom. The van der Waals surface area contributed by atoms with Crippen molar-refractivity contribution in [2.45, 2.75) is 58.6 Å². The summed E-state index contributed by atoms with van der Waals surface area (Å²) in [6.07, 6.45) is 1.97. The third-order valence-electron chi connectivity index (χ3n) is 4.59. The molecular weight excluding hydrogens is 342 g/mol. The number of benzene rings is 1. The zero-order valence-corrected chi connectivity index (χ0v) is 17.0. The maximum atomic E-state index is 12.5. The normalized spacial score (nSPS) is 16.9. The molecular formula is C21H33N3O3. The van der Waals surface area contributed by atoms with Crippen molar-refractivity contribution in [1.82, 2.24) is 10.2 Å². The van der Waals surface area contributed by atoms with Crippen LogP contribution in [0.4, 0.5) is 10.5 Å². The number of rotatable bonds is 7. The molecule has 1 heterocycles. The molecule has 1 fully saturated rings. The molecule has 0 bridgehead atoms. The summed E-state index contributed by atoms with van der Waals surface area (Å²) < 4.78 is 5.42. The minimum atomic E-state index is -0.554. The van der Waals surface area contributed by atoms with Crippen LogP contribution in [0.3, 0.4) is 0 Å². The van der Waals surface area contributed by atoms with E-state index >= 15 is 0 Å². The maximum Gasteiger partial charge on any atom is 0.410 e. The molecule has 6 nitrogen and oxygen atoms in total. The topological polar surface area (TPSA) is 61.9 Å². The molecule has 0 radical (unpaired) electrons. The Bertz CT molecular complexity index is 613. The quantitative estimate of drug-likeness (QED) is 0.742. The van der Waals surface area contributed by atoms with Crippen LogP contribution >= 0.6 is 0 Å². The number of carbonyl (C=O) groups excluding carboxylic acids is 2. The van der Waals surface area contributed by atoms with Gasteiger partial charge in [-0.2, -0.15) is 0 Å². The summed E-state index contributed by atoms with van der Waals surface area (Å²) in [5.74, 6) is -0.0823. The first-order valence-electron chi connectivity index (χ1n) is 9.89. The summed E-state index contributed by atoms with van der Waals surface area (Å²) in [7, 11) is 0. The van der Waals surface area contributed by atoms with E-state index in [1.54, 1.807) is 4.90 Å². The molecule has 2 amide bonds. The molecule has 6 heteroatoms. The molecule has 0 aliphatic carbocycles. The summed E-state index contributed by atoms with van der Waals surface area (Å²) in [5, 5.41) is 2.99. The average Bonchev–Trinajstić information content (AvgIpc) is 3.11. The van der Waals surface area contributed by atoms with Crippen LogP contribution in [0.5, 0.6) is 0 Å². The summed E-state index contributed by atoms with van der Waals surface area (Å²) >= 11 is 0. The number of anilines is 1. The van der Waals surface area contributed by atoms with Gasteiger partial charge < -0.3 is 15.0 Å². The SMILES string of the molecule is CCN(CCCNC(=O)[C@@H]1CCCN1C(=O)OC(C)(C)C)c1ccccc1. The van der Waals surface area contributed by atoms with Gasteiger partial charge in [0.15, 0.2) is 0 Å². The van der Waals surface area contributed by atoms with Crippen LogP contribution in [0.2, 0.25) is 0 Å². The van der Waals surface area contributed by atoms with Crippen molar-refractivity contribution >= 4 is 17.7 Å². The lowest BCUT2D eigenvalue weighted by molar-refractivity contribution is -0.125. The number of para-hydroxylation sites is 1. The molecule has 27 heavy (non-hydrogen) atoms. The predicted octanol–water partition coefficient (Wildman–Crippen LogP) is 3.42. The highest BCUT2D eigenvalue weighted by Gasteiger charge is 2.36. The molecule has 1 aliphatic rings. The predicted molar refractivity (Wildman–Crippen MR) is 108 cm³/mol. The van der Waals surface area contributed by atoms with Crippen LogP contribution in [0.1, 0.15) is 47.0 Å². The van der Waals surface area contributed by atoms with Gasteiger partial charge in [-0.3, -0.25) is 9.69 Å². The van der Waals surface area contributed by atoms with Gasteiger partial charge >= 0.3 is 6.09 Å². The second kappa shape index (κ2) is 9.62. The van der Waals surface area contributed by atoms with Crippen molar-refractivity contribution in [1.29, 1.82) is 0 Å². The van der Waals surface area contributed by atoms with Crippen LogP contribution < -0.4 is 10.2 Å². The highest BCUT2D eigenvalue weighted by molar-refractivity contribution is 5.86. The van der Waals surface area contributed by atoms with Crippen molar-refractivity contribution in [3.8, 4) is 0 Å². The Balaban J connectivity index is 1.78. The van der Waals surface area contributed by atoms with E-state index in [4.69, 9.17) is 4.74 Å². The molecule has 0 saturated carbocycles. The number of ether oxygens (including phenoxy) is 1. The molecule has 1 aliphatic heterocycles. The van der Waals surface area contributed by atoms with Crippen LogP contribution in [-0.4, -0.2) is 54.7 Å². The molecule has 0 unspecified atom stereocenters. The summed E-state index contributed by atoms with van der Waals surface area (Å²) in [6.45, 7) is 10.6. The van der Waals surface area contributed by atoms with Crippen LogP contribution in [0.25, 0.3) is 0 Å². The molecule has 1 saturated heterocycles. The number of carbonyl (C=O) groups is 2. The first-order chi connectivity index (χ1) is 12.8. The van der Waals surface area contributed by atoms with E-state index in [1.165, 1.54) is 5.69 Å². The molecule has 1 atom stereocenters. The number of hydrogen-bond donors (Lipinski definition) is 1.